The van der Waals surface area contributed by atoms with E-state index in [-0.39, 0.29) is 5.97 Å². The number of rotatable bonds is 8. The first-order valence-electron chi connectivity index (χ1n) is 11.6. The number of fused-ring (bicyclic) bond motifs is 1. The Bertz CT molecular complexity index is 896. The summed E-state index contributed by atoms with van der Waals surface area (Å²) < 4.78 is 5.02. The number of allylic oxidation sites excluding steroid dienone is 5. The van der Waals surface area contributed by atoms with Gasteiger partial charge in [-0.1, -0.05) is 60.3 Å². The minimum Gasteiger partial charge on any atom is -0.466 e. The van der Waals surface area contributed by atoms with E-state index in [4.69, 9.17) is 4.74 Å². The van der Waals surface area contributed by atoms with E-state index in [1.807, 2.05) is 18.7 Å². The van der Waals surface area contributed by atoms with Crippen LogP contribution < -0.4 is 5.32 Å². The lowest BCUT2D eigenvalue weighted by atomic mass is 9.93. The van der Waals surface area contributed by atoms with Gasteiger partial charge < -0.3 is 10.1 Å². The smallest absolute Gasteiger partial charge is 0.306 e. The number of thioether (sulfide) groups is 1. The number of carbonyl (C=O) groups excluding carboxylic acids is 1. The minimum atomic E-state index is -0.112. The van der Waals surface area contributed by atoms with Crippen molar-refractivity contribution >= 4 is 17.7 Å². The van der Waals surface area contributed by atoms with Crippen molar-refractivity contribution in [2.45, 2.75) is 64.0 Å². The first-order chi connectivity index (χ1) is 15.1. The van der Waals surface area contributed by atoms with Crippen molar-refractivity contribution in [3.8, 4) is 0 Å². The molecule has 31 heavy (non-hydrogen) atoms. The molecule has 2 aliphatic carbocycles. The highest BCUT2D eigenvalue weighted by Gasteiger charge is 2.29. The van der Waals surface area contributed by atoms with Gasteiger partial charge in [-0.15, -0.1) is 0 Å². The van der Waals surface area contributed by atoms with Crippen molar-refractivity contribution in [3.05, 3.63) is 81.7 Å². The Morgan fingerprint density at radius 3 is 2.87 bits per heavy atom. The summed E-state index contributed by atoms with van der Waals surface area (Å²) in [5.41, 5.74) is 4.11. The largest absolute Gasteiger partial charge is 0.466 e. The van der Waals surface area contributed by atoms with E-state index in [1.165, 1.54) is 40.9 Å². The summed E-state index contributed by atoms with van der Waals surface area (Å²) in [5.74, 6) is 0.916. The molecule has 4 rings (SSSR count). The molecule has 1 heterocycles. The molecule has 4 heteroatoms. The maximum absolute atomic E-state index is 11.6. The molecule has 0 radical (unpaired) electrons. The van der Waals surface area contributed by atoms with E-state index in [0.717, 1.165) is 6.42 Å². The highest BCUT2D eigenvalue weighted by molar-refractivity contribution is 8.06. The molecule has 1 aromatic carbocycles. The summed E-state index contributed by atoms with van der Waals surface area (Å²) in [7, 11) is 0. The molecule has 0 aromatic heterocycles. The second kappa shape index (κ2) is 10.5. The van der Waals surface area contributed by atoms with Gasteiger partial charge in [-0.25, -0.2) is 0 Å². The third-order valence-corrected chi connectivity index (χ3v) is 7.48. The topological polar surface area (TPSA) is 38.3 Å². The number of hydrogen-bond donors (Lipinski definition) is 1. The van der Waals surface area contributed by atoms with Crippen LogP contribution in [0.15, 0.2) is 70.5 Å². The summed E-state index contributed by atoms with van der Waals surface area (Å²) in [6, 6.07) is 9.82. The summed E-state index contributed by atoms with van der Waals surface area (Å²) in [4.78, 5) is 12.9. The van der Waals surface area contributed by atoms with Gasteiger partial charge in [0.1, 0.15) is 0 Å². The van der Waals surface area contributed by atoms with Gasteiger partial charge in [0.25, 0.3) is 0 Å². The molecular formula is C27H33NO2S. The van der Waals surface area contributed by atoms with E-state index in [9.17, 15) is 4.79 Å². The number of benzene rings is 1. The predicted octanol–water partition coefficient (Wildman–Crippen LogP) is 6.05. The SMILES string of the molecule is CCOC(=O)CCc1ccc([C@H]2CCC(NC(C)C3=CSC4=CC3C=CC=C4)C2)cc1. The molecule has 0 saturated heterocycles. The Balaban J connectivity index is 1.28. The van der Waals surface area contributed by atoms with E-state index in [2.05, 4.69) is 72.3 Å². The molecule has 3 nitrogen and oxygen atoms in total. The number of ether oxygens (including phenoxy) is 1. The first kappa shape index (κ1) is 22.2. The Morgan fingerprint density at radius 2 is 2.06 bits per heavy atom. The van der Waals surface area contributed by atoms with Crippen molar-refractivity contribution in [1.29, 1.82) is 0 Å². The Morgan fingerprint density at radius 1 is 1.23 bits per heavy atom. The maximum atomic E-state index is 11.6. The molecule has 1 aliphatic heterocycles. The highest BCUT2D eigenvalue weighted by atomic mass is 32.2. The lowest BCUT2D eigenvalue weighted by Gasteiger charge is -2.27. The number of hydrogen-bond acceptors (Lipinski definition) is 4. The Kier molecular flexibility index (Phi) is 7.52. The molecule has 2 bridgehead atoms. The van der Waals surface area contributed by atoms with Gasteiger partial charge in [0.2, 0.25) is 0 Å². The molecule has 3 aliphatic rings. The van der Waals surface area contributed by atoms with Gasteiger partial charge in [0.05, 0.1) is 6.61 Å². The van der Waals surface area contributed by atoms with Crippen LogP contribution in [-0.2, 0) is 16.0 Å². The third kappa shape index (κ3) is 5.81. The molecule has 0 amide bonds. The number of esters is 1. The summed E-state index contributed by atoms with van der Waals surface area (Å²) in [6.45, 7) is 4.61. The monoisotopic (exact) mass is 435 g/mol. The van der Waals surface area contributed by atoms with Gasteiger partial charge in [0, 0.05) is 29.3 Å². The molecular weight excluding hydrogens is 402 g/mol. The van der Waals surface area contributed by atoms with Crippen molar-refractivity contribution in [2.24, 2.45) is 5.92 Å². The normalized spacial score (nSPS) is 25.5. The van der Waals surface area contributed by atoms with Gasteiger partial charge in [-0.05, 0) is 73.6 Å². The van der Waals surface area contributed by atoms with Crippen molar-refractivity contribution in [1.82, 2.24) is 5.32 Å². The Labute approximate surface area is 190 Å². The lowest BCUT2D eigenvalue weighted by molar-refractivity contribution is -0.143. The summed E-state index contributed by atoms with van der Waals surface area (Å²) in [6.07, 6.45) is 16.0. The van der Waals surface area contributed by atoms with Crippen molar-refractivity contribution in [3.63, 3.8) is 0 Å². The maximum Gasteiger partial charge on any atom is 0.306 e. The van der Waals surface area contributed by atoms with Gasteiger partial charge in [0.15, 0.2) is 0 Å². The van der Waals surface area contributed by atoms with Crippen LogP contribution in [0, 0.1) is 5.92 Å². The average molecular weight is 436 g/mol. The fraction of sp³-hybridized carbons (Fsp3) is 0.444. The number of aryl methyl sites for hydroxylation is 1. The molecule has 1 N–H and O–H groups in total. The number of carbonyl (C=O) groups is 1. The molecule has 1 saturated carbocycles. The zero-order chi connectivity index (χ0) is 21.6. The fourth-order valence-corrected chi connectivity index (χ4v) is 5.85. The van der Waals surface area contributed by atoms with E-state index in [0.29, 0.717) is 36.9 Å². The zero-order valence-electron chi connectivity index (χ0n) is 18.6. The zero-order valence-corrected chi connectivity index (χ0v) is 19.4. The lowest BCUT2D eigenvalue weighted by Crippen LogP contribution is -2.37. The van der Waals surface area contributed by atoms with E-state index in [1.54, 1.807) is 0 Å². The molecule has 1 aromatic rings. The molecule has 4 atom stereocenters. The van der Waals surface area contributed by atoms with Crippen LogP contribution in [0.4, 0.5) is 0 Å². The van der Waals surface area contributed by atoms with Gasteiger partial charge in [-0.3, -0.25) is 4.79 Å². The third-order valence-electron chi connectivity index (χ3n) is 6.54. The van der Waals surface area contributed by atoms with Crippen LogP contribution >= 0.6 is 11.8 Å². The average Bonchev–Trinajstić information content (AvgIpc) is 3.16. The van der Waals surface area contributed by atoms with Crippen LogP contribution in [-0.4, -0.2) is 24.7 Å². The molecule has 3 unspecified atom stereocenters. The minimum absolute atomic E-state index is 0.112. The van der Waals surface area contributed by atoms with Gasteiger partial charge in [-0.2, -0.15) is 0 Å². The summed E-state index contributed by atoms with van der Waals surface area (Å²) >= 11 is 1.84. The molecule has 1 fully saturated rings. The van der Waals surface area contributed by atoms with E-state index >= 15 is 0 Å². The van der Waals surface area contributed by atoms with Crippen LogP contribution in [0.1, 0.15) is 56.6 Å². The standard InChI is InChI=1S/C27H33NO2S/c1-3-30-27(29)15-10-20-8-11-21(12-9-20)22-13-14-24(16-22)28-19(2)26-18-31-25-7-5-4-6-23(26)17-25/h4-9,11-12,17-19,22-24,28H,3,10,13-16H2,1-2H3/t19?,22-,23?,24?/m0/s1. The van der Waals surface area contributed by atoms with Gasteiger partial charge >= 0.3 is 5.97 Å². The Hall–Kier alpha value is -2.04. The van der Waals surface area contributed by atoms with E-state index < -0.39 is 0 Å². The van der Waals surface area contributed by atoms with Crippen LogP contribution in [0.5, 0.6) is 0 Å². The number of nitrogens with one attached hydrogen (secondary N) is 1. The molecule has 164 valence electrons. The quantitative estimate of drug-likeness (QED) is 0.504. The molecule has 0 spiro atoms. The highest BCUT2D eigenvalue weighted by Crippen LogP contribution is 2.38. The second-order valence-electron chi connectivity index (χ2n) is 8.72. The first-order valence-corrected chi connectivity index (χ1v) is 12.4. The van der Waals surface area contributed by atoms with Crippen LogP contribution in [0.25, 0.3) is 0 Å². The second-order valence-corrected chi connectivity index (χ2v) is 9.66. The van der Waals surface area contributed by atoms with Crippen molar-refractivity contribution < 1.29 is 9.53 Å². The van der Waals surface area contributed by atoms with Crippen molar-refractivity contribution in [2.75, 3.05) is 6.61 Å². The fourth-order valence-electron chi connectivity index (χ4n) is 4.84. The van der Waals surface area contributed by atoms with Crippen LogP contribution in [0.2, 0.25) is 0 Å². The van der Waals surface area contributed by atoms with Crippen LogP contribution in [0.3, 0.4) is 0 Å². The summed E-state index contributed by atoms with van der Waals surface area (Å²) in [5, 5.41) is 6.26. The predicted molar refractivity (Wildman–Crippen MR) is 130 cm³/mol.